The van der Waals surface area contributed by atoms with Crippen LogP contribution in [0.5, 0.6) is 11.5 Å². The smallest absolute Gasteiger partial charge is 0.254 e. The maximum atomic E-state index is 12.4. The number of likely N-dealkylation sites (tertiary alicyclic amines) is 1. The van der Waals surface area contributed by atoms with E-state index in [1.807, 2.05) is 0 Å². The number of amides is 2. The van der Waals surface area contributed by atoms with Gasteiger partial charge in [0, 0.05) is 18.5 Å². The van der Waals surface area contributed by atoms with Crippen molar-refractivity contribution in [3.63, 3.8) is 0 Å². The highest BCUT2D eigenvalue weighted by Gasteiger charge is 2.38. The number of benzene rings is 1. The molecule has 3 N–H and O–H groups in total. The lowest BCUT2D eigenvalue weighted by molar-refractivity contribution is -0.121. The molecule has 2 aliphatic rings. The van der Waals surface area contributed by atoms with E-state index in [1.54, 1.807) is 18.2 Å². The van der Waals surface area contributed by atoms with Gasteiger partial charge in [-0.3, -0.25) is 9.59 Å². The molecule has 1 saturated heterocycles. The van der Waals surface area contributed by atoms with Gasteiger partial charge in [-0.05, 0) is 18.2 Å². The highest BCUT2D eigenvalue weighted by atomic mass is 16.7. The van der Waals surface area contributed by atoms with Crippen LogP contribution in [0, 0.1) is 0 Å². The molecule has 0 bridgehead atoms. The molecule has 7 nitrogen and oxygen atoms in total. The minimum absolute atomic E-state index is 0.0981. The number of primary amides is 1. The van der Waals surface area contributed by atoms with Crippen molar-refractivity contribution in [1.29, 1.82) is 0 Å². The zero-order chi connectivity index (χ0) is 14.3. The van der Waals surface area contributed by atoms with E-state index < -0.39 is 18.1 Å². The van der Waals surface area contributed by atoms with Gasteiger partial charge in [-0.2, -0.15) is 0 Å². The number of hydrogen-bond acceptors (Lipinski definition) is 5. The first-order valence-electron chi connectivity index (χ1n) is 6.24. The first-order chi connectivity index (χ1) is 9.56. The van der Waals surface area contributed by atoms with Gasteiger partial charge in [0.1, 0.15) is 6.04 Å². The van der Waals surface area contributed by atoms with Crippen LogP contribution in [0.15, 0.2) is 18.2 Å². The van der Waals surface area contributed by atoms with Crippen LogP contribution in [0.4, 0.5) is 0 Å². The standard InChI is InChI=1S/C13H14N2O5/c14-12(17)9-4-8(16)5-15(9)13(18)7-1-2-10-11(3-7)20-6-19-10/h1-3,8-9,16H,4-6H2,(H2,14,17)/t8-,9+/m1/s1. The number of ether oxygens (including phenoxy) is 2. The molecule has 2 heterocycles. The van der Waals surface area contributed by atoms with Crippen LogP contribution in [0.3, 0.4) is 0 Å². The summed E-state index contributed by atoms with van der Waals surface area (Å²) < 4.78 is 10.4. The number of aliphatic hydroxyl groups is 1. The summed E-state index contributed by atoms with van der Waals surface area (Å²) in [6.07, 6.45) is -0.559. The van der Waals surface area contributed by atoms with E-state index in [0.717, 1.165) is 0 Å². The first-order valence-corrected chi connectivity index (χ1v) is 6.24. The fourth-order valence-corrected chi connectivity index (χ4v) is 2.50. The van der Waals surface area contributed by atoms with Gasteiger partial charge >= 0.3 is 0 Å². The van der Waals surface area contributed by atoms with Crippen molar-refractivity contribution in [2.24, 2.45) is 5.73 Å². The topological polar surface area (TPSA) is 102 Å². The summed E-state index contributed by atoms with van der Waals surface area (Å²) in [7, 11) is 0. The minimum Gasteiger partial charge on any atom is -0.454 e. The number of fused-ring (bicyclic) bond motifs is 1. The second kappa shape index (κ2) is 4.68. The Labute approximate surface area is 114 Å². The van der Waals surface area contributed by atoms with E-state index in [1.165, 1.54) is 4.90 Å². The van der Waals surface area contributed by atoms with Crippen molar-refractivity contribution in [2.75, 3.05) is 13.3 Å². The largest absolute Gasteiger partial charge is 0.454 e. The van der Waals surface area contributed by atoms with Gasteiger partial charge < -0.3 is 25.2 Å². The monoisotopic (exact) mass is 278 g/mol. The predicted octanol–water partition coefficient (Wildman–Crippen LogP) is -0.524. The van der Waals surface area contributed by atoms with Crippen LogP contribution in [0.25, 0.3) is 0 Å². The summed E-state index contributed by atoms with van der Waals surface area (Å²) in [6, 6.07) is 4.02. The third-order valence-corrected chi connectivity index (χ3v) is 3.49. The molecular weight excluding hydrogens is 264 g/mol. The van der Waals surface area contributed by atoms with Gasteiger partial charge in [0.05, 0.1) is 6.10 Å². The van der Waals surface area contributed by atoms with E-state index in [9.17, 15) is 14.7 Å². The highest BCUT2D eigenvalue weighted by Crippen LogP contribution is 2.33. The van der Waals surface area contributed by atoms with Gasteiger partial charge in [0.2, 0.25) is 12.7 Å². The lowest BCUT2D eigenvalue weighted by Crippen LogP contribution is -2.43. The molecule has 2 amide bonds. The van der Waals surface area contributed by atoms with E-state index in [-0.39, 0.29) is 25.7 Å². The minimum atomic E-state index is -0.775. The van der Waals surface area contributed by atoms with Crippen molar-refractivity contribution in [2.45, 2.75) is 18.6 Å². The normalized spacial score (nSPS) is 23.9. The van der Waals surface area contributed by atoms with E-state index in [2.05, 4.69) is 0 Å². The van der Waals surface area contributed by atoms with Crippen molar-refractivity contribution in [1.82, 2.24) is 4.90 Å². The molecule has 2 atom stereocenters. The van der Waals surface area contributed by atoms with Crippen molar-refractivity contribution in [3.05, 3.63) is 23.8 Å². The predicted molar refractivity (Wildman–Crippen MR) is 67.2 cm³/mol. The number of nitrogens with two attached hydrogens (primary N) is 1. The second-order valence-electron chi connectivity index (χ2n) is 4.83. The molecule has 0 unspecified atom stereocenters. The Morgan fingerprint density at radius 3 is 2.80 bits per heavy atom. The summed E-state index contributed by atoms with van der Waals surface area (Å²) in [4.78, 5) is 25.1. The Balaban J connectivity index is 1.86. The number of carbonyl (C=O) groups excluding carboxylic acids is 2. The summed E-state index contributed by atoms with van der Waals surface area (Å²) >= 11 is 0. The number of nitrogens with zero attached hydrogens (tertiary/aromatic N) is 1. The van der Waals surface area contributed by atoms with Crippen LogP contribution in [0.2, 0.25) is 0 Å². The third kappa shape index (κ3) is 2.05. The van der Waals surface area contributed by atoms with Crippen LogP contribution >= 0.6 is 0 Å². The molecule has 1 aromatic carbocycles. The number of aliphatic hydroxyl groups excluding tert-OH is 1. The van der Waals surface area contributed by atoms with Crippen molar-refractivity contribution >= 4 is 11.8 Å². The van der Waals surface area contributed by atoms with E-state index in [4.69, 9.17) is 15.2 Å². The molecule has 106 valence electrons. The van der Waals surface area contributed by atoms with Gasteiger partial charge in [-0.15, -0.1) is 0 Å². The summed E-state index contributed by atoms with van der Waals surface area (Å²) in [5.74, 6) is 0.0972. The molecule has 0 aliphatic carbocycles. The summed E-state index contributed by atoms with van der Waals surface area (Å²) in [6.45, 7) is 0.222. The summed E-state index contributed by atoms with van der Waals surface area (Å²) in [5.41, 5.74) is 5.64. The van der Waals surface area contributed by atoms with E-state index >= 15 is 0 Å². The second-order valence-corrected chi connectivity index (χ2v) is 4.83. The fourth-order valence-electron chi connectivity index (χ4n) is 2.50. The van der Waals surface area contributed by atoms with Gasteiger partial charge in [-0.25, -0.2) is 0 Å². The number of hydrogen-bond donors (Lipinski definition) is 2. The molecule has 20 heavy (non-hydrogen) atoms. The van der Waals surface area contributed by atoms with Crippen molar-refractivity contribution < 1.29 is 24.2 Å². The number of rotatable bonds is 2. The van der Waals surface area contributed by atoms with Gasteiger partial charge in [0.25, 0.3) is 5.91 Å². The molecule has 0 saturated carbocycles. The van der Waals surface area contributed by atoms with Gasteiger partial charge in [-0.1, -0.05) is 0 Å². The summed E-state index contributed by atoms with van der Waals surface area (Å²) in [5, 5.41) is 9.62. The molecule has 0 spiro atoms. The maximum absolute atomic E-state index is 12.4. The van der Waals surface area contributed by atoms with Crippen LogP contribution in [-0.4, -0.2) is 47.3 Å². The van der Waals surface area contributed by atoms with Crippen LogP contribution in [0.1, 0.15) is 16.8 Å². The molecule has 1 fully saturated rings. The third-order valence-electron chi connectivity index (χ3n) is 3.49. The maximum Gasteiger partial charge on any atom is 0.254 e. The average Bonchev–Trinajstić information content (AvgIpc) is 3.02. The number of β-amino-alcohol motifs (C(OH)–C–C–N with tert-alkyl or cyclic N) is 1. The Morgan fingerprint density at radius 1 is 1.30 bits per heavy atom. The zero-order valence-corrected chi connectivity index (χ0v) is 10.6. The lowest BCUT2D eigenvalue weighted by atomic mass is 10.1. The molecule has 7 heteroatoms. The molecular formula is C13H14N2O5. The molecule has 3 rings (SSSR count). The first kappa shape index (κ1) is 12.7. The molecule has 1 aromatic rings. The Hall–Kier alpha value is -2.28. The van der Waals surface area contributed by atoms with Crippen molar-refractivity contribution in [3.8, 4) is 11.5 Å². The lowest BCUT2D eigenvalue weighted by Gasteiger charge is -2.21. The van der Waals surface area contributed by atoms with Crippen LogP contribution in [-0.2, 0) is 4.79 Å². The van der Waals surface area contributed by atoms with Gasteiger partial charge in [0.15, 0.2) is 11.5 Å². The number of carbonyl (C=O) groups is 2. The Morgan fingerprint density at radius 2 is 2.05 bits per heavy atom. The zero-order valence-electron chi connectivity index (χ0n) is 10.6. The Bertz CT molecular complexity index is 574. The Kier molecular flexibility index (Phi) is 2.98. The SMILES string of the molecule is NC(=O)[C@@H]1C[C@@H](O)CN1C(=O)c1ccc2c(c1)OCO2. The van der Waals surface area contributed by atoms with E-state index in [0.29, 0.717) is 17.1 Å². The molecule has 0 aromatic heterocycles. The molecule has 2 aliphatic heterocycles. The highest BCUT2D eigenvalue weighted by molar-refractivity contribution is 5.98. The quantitative estimate of drug-likeness (QED) is 0.757. The average molecular weight is 278 g/mol. The molecule has 0 radical (unpaired) electrons. The fraction of sp³-hybridized carbons (Fsp3) is 0.385. The van der Waals surface area contributed by atoms with Crippen LogP contribution < -0.4 is 15.2 Å².